The Morgan fingerprint density at radius 3 is 2.78 bits per heavy atom. The van der Waals surface area contributed by atoms with Gasteiger partial charge in [0, 0.05) is 23.7 Å². The quantitative estimate of drug-likeness (QED) is 0.459. The van der Waals surface area contributed by atoms with Gasteiger partial charge in [-0.15, -0.1) is 5.10 Å². The number of anilines is 2. The van der Waals surface area contributed by atoms with Gasteiger partial charge in [-0.1, -0.05) is 18.2 Å². The van der Waals surface area contributed by atoms with E-state index in [4.69, 9.17) is 0 Å². The zero-order valence-corrected chi connectivity index (χ0v) is 17.1. The Morgan fingerprint density at radius 1 is 1.12 bits per heavy atom. The van der Waals surface area contributed by atoms with Gasteiger partial charge in [-0.25, -0.2) is 4.68 Å². The van der Waals surface area contributed by atoms with E-state index in [-0.39, 0.29) is 11.7 Å². The number of hydrogen-bond acceptors (Lipinski definition) is 7. The van der Waals surface area contributed by atoms with Gasteiger partial charge in [0.2, 0.25) is 5.95 Å². The van der Waals surface area contributed by atoms with Crippen LogP contribution >= 0.6 is 0 Å². The number of rotatable bonds is 4. The normalized spacial score (nSPS) is 15.1. The van der Waals surface area contributed by atoms with E-state index in [1.165, 1.54) is 0 Å². The number of nitrogens with one attached hydrogen (secondary N) is 2. The molecule has 0 saturated heterocycles. The Labute approximate surface area is 183 Å². The van der Waals surface area contributed by atoms with Gasteiger partial charge in [0.05, 0.1) is 23.2 Å². The summed E-state index contributed by atoms with van der Waals surface area (Å²) in [5.74, 6) is 0.731. The molecule has 0 radical (unpaired) electrons. The molecule has 3 N–H and O–H groups in total. The van der Waals surface area contributed by atoms with Gasteiger partial charge in [0.15, 0.2) is 5.82 Å². The highest BCUT2D eigenvalue weighted by Gasteiger charge is 2.35. The molecule has 0 saturated carbocycles. The molecule has 4 aromatic rings. The van der Waals surface area contributed by atoms with Crippen molar-refractivity contribution in [1.82, 2.24) is 24.7 Å². The third kappa shape index (κ3) is 3.56. The second-order valence-corrected chi connectivity index (χ2v) is 7.27. The molecule has 1 atom stereocenters. The number of benzene rings is 1. The van der Waals surface area contributed by atoms with Crippen LogP contribution in [-0.4, -0.2) is 35.7 Å². The van der Waals surface area contributed by atoms with Crippen LogP contribution in [0.5, 0.6) is 5.75 Å². The molecular weight excluding hydrogens is 406 g/mol. The number of carbonyl (C=O) groups is 1. The fourth-order valence-corrected chi connectivity index (χ4v) is 3.66. The number of aromatic hydroxyl groups is 1. The van der Waals surface area contributed by atoms with Gasteiger partial charge < -0.3 is 15.7 Å². The SMILES string of the molecule is CC1=C(C(=O)Nc2cccnc2)C(c2ccccn2)n2nc(-c3cccc(O)c3)nc2N1. The highest BCUT2D eigenvalue weighted by atomic mass is 16.3. The van der Waals surface area contributed by atoms with E-state index in [9.17, 15) is 9.90 Å². The van der Waals surface area contributed by atoms with Crippen molar-refractivity contribution in [3.63, 3.8) is 0 Å². The Balaban J connectivity index is 1.60. The summed E-state index contributed by atoms with van der Waals surface area (Å²) in [5, 5.41) is 20.6. The van der Waals surface area contributed by atoms with Crippen LogP contribution in [0, 0.1) is 0 Å². The molecule has 1 aliphatic rings. The van der Waals surface area contributed by atoms with Gasteiger partial charge in [0.25, 0.3) is 5.91 Å². The molecule has 5 rings (SSSR count). The molecule has 158 valence electrons. The van der Waals surface area contributed by atoms with E-state index in [0.717, 1.165) is 0 Å². The van der Waals surface area contributed by atoms with Crippen LogP contribution in [0.25, 0.3) is 11.4 Å². The summed E-state index contributed by atoms with van der Waals surface area (Å²) < 4.78 is 1.65. The molecule has 9 heteroatoms. The number of amides is 1. The van der Waals surface area contributed by atoms with E-state index >= 15 is 0 Å². The monoisotopic (exact) mass is 425 g/mol. The Hall–Kier alpha value is -4.53. The van der Waals surface area contributed by atoms with E-state index in [1.807, 2.05) is 31.2 Å². The zero-order valence-electron chi connectivity index (χ0n) is 17.1. The number of aromatic nitrogens is 5. The first kappa shape index (κ1) is 19.4. The molecule has 4 heterocycles. The zero-order chi connectivity index (χ0) is 22.1. The highest BCUT2D eigenvalue weighted by molar-refractivity contribution is 6.05. The van der Waals surface area contributed by atoms with Crippen molar-refractivity contribution in [2.24, 2.45) is 0 Å². The Morgan fingerprint density at radius 2 is 2.03 bits per heavy atom. The van der Waals surface area contributed by atoms with E-state index in [0.29, 0.717) is 40.0 Å². The van der Waals surface area contributed by atoms with Crippen molar-refractivity contribution in [2.75, 3.05) is 10.6 Å². The van der Waals surface area contributed by atoms with Gasteiger partial charge in [0.1, 0.15) is 11.8 Å². The summed E-state index contributed by atoms with van der Waals surface area (Å²) in [6, 6.07) is 15.2. The molecule has 1 aliphatic heterocycles. The molecule has 1 amide bonds. The smallest absolute Gasteiger partial charge is 0.255 e. The maximum Gasteiger partial charge on any atom is 0.255 e. The number of hydrogen-bond donors (Lipinski definition) is 3. The molecule has 0 spiro atoms. The molecule has 0 bridgehead atoms. The number of fused-ring (bicyclic) bond motifs is 1. The summed E-state index contributed by atoms with van der Waals surface area (Å²) in [6.45, 7) is 1.82. The molecule has 1 aromatic carbocycles. The fourth-order valence-electron chi connectivity index (χ4n) is 3.66. The standard InChI is InChI=1S/C23H19N7O2/c1-14-19(22(32)27-16-7-5-10-24-13-16)20(18-9-2-3-11-25-18)30-23(26-14)28-21(29-30)15-6-4-8-17(31)12-15/h2-13,20,31H,1H3,(H,27,32)(H,26,28,29). The topological polar surface area (TPSA) is 118 Å². The van der Waals surface area contributed by atoms with Crippen molar-refractivity contribution in [1.29, 1.82) is 0 Å². The van der Waals surface area contributed by atoms with Gasteiger partial charge >= 0.3 is 0 Å². The van der Waals surface area contributed by atoms with Gasteiger partial charge in [-0.05, 0) is 43.3 Å². The van der Waals surface area contributed by atoms with Crippen LogP contribution < -0.4 is 10.6 Å². The predicted octanol–water partition coefficient (Wildman–Crippen LogP) is 3.37. The predicted molar refractivity (Wildman–Crippen MR) is 119 cm³/mol. The molecule has 9 nitrogen and oxygen atoms in total. The number of carbonyl (C=O) groups excluding carboxylic acids is 1. The van der Waals surface area contributed by atoms with Crippen LogP contribution in [-0.2, 0) is 4.79 Å². The van der Waals surface area contributed by atoms with E-state index in [2.05, 4.69) is 30.7 Å². The minimum Gasteiger partial charge on any atom is -0.508 e. The minimum absolute atomic E-state index is 0.121. The molecule has 0 fully saturated rings. The third-order valence-corrected chi connectivity index (χ3v) is 5.09. The number of phenolic OH excluding ortho intramolecular Hbond substituents is 1. The lowest BCUT2D eigenvalue weighted by atomic mass is 9.98. The van der Waals surface area contributed by atoms with Crippen molar-refractivity contribution in [2.45, 2.75) is 13.0 Å². The summed E-state index contributed by atoms with van der Waals surface area (Å²) in [6.07, 6.45) is 4.90. The molecule has 1 unspecified atom stereocenters. The van der Waals surface area contributed by atoms with Crippen LogP contribution in [0.15, 0.2) is 84.5 Å². The summed E-state index contributed by atoms with van der Waals surface area (Å²) >= 11 is 0. The number of nitrogens with zero attached hydrogens (tertiary/aromatic N) is 5. The first-order valence-corrected chi connectivity index (χ1v) is 9.96. The van der Waals surface area contributed by atoms with Crippen molar-refractivity contribution in [3.05, 3.63) is 90.2 Å². The fraction of sp³-hybridized carbons (Fsp3) is 0.0870. The van der Waals surface area contributed by atoms with Gasteiger partial charge in [-0.3, -0.25) is 14.8 Å². The lowest BCUT2D eigenvalue weighted by molar-refractivity contribution is -0.113. The number of phenols is 1. The number of allylic oxidation sites excluding steroid dienone is 1. The lowest BCUT2D eigenvalue weighted by Gasteiger charge is -2.27. The van der Waals surface area contributed by atoms with E-state index in [1.54, 1.807) is 53.6 Å². The second kappa shape index (κ2) is 7.95. The average molecular weight is 425 g/mol. The summed E-state index contributed by atoms with van der Waals surface area (Å²) in [4.78, 5) is 26.5. The molecule has 32 heavy (non-hydrogen) atoms. The van der Waals surface area contributed by atoms with Gasteiger partial charge in [-0.2, -0.15) is 4.98 Å². The maximum absolute atomic E-state index is 13.3. The summed E-state index contributed by atoms with van der Waals surface area (Å²) in [5.41, 5.74) is 3.00. The van der Waals surface area contributed by atoms with Crippen molar-refractivity contribution < 1.29 is 9.90 Å². The van der Waals surface area contributed by atoms with Crippen molar-refractivity contribution in [3.8, 4) is 17.1 Å². The maximum atomic E-state index is 13.3. The third-order valence-electron chi connectivity index (χ3n) is 5.09. The Kier molecular flexibility index (Phi) is 4.83. The second-order valence-electron chi connectivity index (χ2n) is 7.27. The summed E-state index contributed by atoms with van der Waals surface area (Å²) in [7, 11) is 0. The van der Waals surface area contributed by atoms with Crippen LogP contribution in [0.1, 0.15) is 18.7 Å². The average Bonchev–Trinajstić information content (AvgIpc) is 3.23. The Bertz CT molecular complexity index is 1320. The van der Waals surface area contributed by atoms with E-state index < -0.39 is 6.04 Å². The largest absolute Gasteiger partial charge is 0.508 e. The van der Waals surface area contributed by atoms with Crippen LogP contribution in [0.2, 0.25) is 0 Å². The highest BCUT2D eigenvalue weighted by Crippen LogP contribution is 2.36. The lowest BCUT2D eigenvalue weighted by Crippen LogP contribution is -2.32. The number of pyridine rings is 2. The van der Waals surface area contributed by atoms with Crippen LogP contribution in [0.4, 0.5) is 11.6 Å². The minimum atomic E-state index is -0.595. The van der Waals surface area contributed by atoms with Crippen molar-refractivity contribution >= 4 is 17.5 Å². The first-order valence-electron chi connectivity index (χ1n) is 9.96. The first-order chi connectivity index (χ1) is 15.6. The molecule has 3 aromatic heterocycles. The van der Waals surface area contributed by atoms with Crippen LogP contribution in [0.3, 0.4) is 0 Å². The molecular formula is C23H19N7O2. The molecule has 0 aliphatic carbocycles.